The number of rotatable bonds is 6. The predicted octanol–water partition coefficient (Wildman–Crippen LogP) is 5.86. The van der Waals surface area contributed by atoms with E-state index in [9.17, 15) is 18.0 Å². The van der Waals surface area contributed by atoms with Crippen molar-refractivity contribution in [1.29, 1.82) is 0 Å². The van der Waals surface area contributed by atoms with Gasteiger partial charge in [-0.05, 0) is 35.9 Å². The molecule has 0 aliphatic carbocycles. The smallest absolute Gasteiger partial charge is 0.374 e. The minimum atomic E-state index is -4.49. The summed E-state index contributed by atoms with van der Waals surface area (Å²) in [6.07, 6.45) is -1.46. The Morgan fingerprint density at radius 3 is 2.16 bits per heavy atom. The number of H-pyrrole nitrogens is 1. The number of hydrogen-bond donors (Lipinski definition) is 2. The van der Waals surface area contributed by atoms with Gasteiger partial charge < -0.3 is 5.32 Å². The monoisotopic (exact) mass is 421 g/mol. The number of aromatic nitrogens is 2. The topological polar surface area (TPSA) is 57.8 Å². The van der Waals surface area contributed by atoms with Crippen LogP contribution in [0.15, 0.2) is 91.3 Å². The molecule has 3 aromatic carbocycles. The maximum absolute atomic E-state index is 13.6. The third-order valence-electron chi connectivity index (χ3n) is 4.92. The number of carbonyl (C=O) groups is 1. The number of nitrogens with zero attached hydrogens (tertiary/aromatic N) is 1. The average molecular weight is 421 g/mol. The summed E-state index contributed by atoms with van der Waals surface area (Å²) in [5.41, 5.74) is 1.56. The van der Waals surface area contributed by atoms with Crippen molar-refractivity contribution in [3.63, 3.8) is 0 Å². The van der Waals surface area contributed by atoms with E-state index in [0.29, 0.717) is 22.4 Å². The number of carbonyl (C=O) groups excluding carboxylic acids is 1. The second-order valence-corrected chi connectivity index (χ2v) is 6.97. The lowest BCUT2D eigenvalue weighted by molar-refractivity contribution is -0.138. The van der Waals surface area contributed by atoms with Gasteiger partial charge >= 0.3 is 6.18 Å². The maximum Gasteiger partial charge on any atom is 0.416 e. The molecule has 0 bridgehead atoms. The second-order valence-electron chi connectivity index (χ2n) is 6.97. The molecule has 1 atom stereocenters. The summed E-state index contributed by atoms with van der Waals surface area (Å²) >= 11 is 0. The number of alkyl halides is 3. The standard InChI is InChI=1S/C24H18F3N3O/c25-24(26,27)21-9-5-4-8-20(21)22(18-14-28-29-15-18)30-19-12-10-17(11-13-19)23(31)16-6-2-1-3-7-16/h1-15,22,30H,(H,28,29). The van der Waals surface area contributed by atoms with Crippen LogP contribution in [0.25, 0.3) is 0 Å². The number of halogens is 3. The van der Waals surface area contributed by atoms with E-state index in [-0.39, 0.29) is 11.3 Å². The van der Waals surface area contributed by atoms with E-state index in [1.165, 1.54) is 18.3 Å². The van der Waals surface area contributed by atoms with Gasteiger partial charge in [-0.15, -0.1) is 0 Å². The highest BCUT2D eigenvalue weighted by Gasteiger charge is 2.35. The Morgan fingerprint density at radius 2 is 1.52 bits per heavy atom. The van der Waals surface area contributed by atoms with E-state index in [1.807, 2.05) is 6.07 Å². The fraction of sp³-hybridized carbons (Fsp3) is 0.0833. The van der Waals surface area contributed by atoms with Gasteiger partial charge in [0.05, 0.1) is 17.8 Å². The van der Waals surface area contributed by atoms with E-state index in [1.54, 1.807) is 60.8 Å². The minimum absolute atomic E-state index is 0.0841. The molecule has 1 unspecified atom stereocenters. The SMILES string of the molecule is O=C(c1ccccc1)c1ccc(NC(c2cn[nH]c2)c2ccccc2C(F)(F)F)cc1. The van der Waals surface area contributed by atoms with Gasteiger partial charge in [0.1, 0.15) is 0 Å². The fourth-order valence-corrected chi connectivity index (χ4v) is 3.41. The number of aromatic amines is 1. The second kappa shape index (κ2) is 8.47. The van der Waals surface area contributed by atoms with Gasteiger partial charge in [0.25, 0.3) is 0 Å². The van der Waals surface area contributed by atoms with Crippen molar-refractivity contribution in [2.75, 3.05) is 5.32 Å². The van der Waals surface area contributed by atoms with E-state index in [0.717, 1.165) is 6.07 Å². The highest BCUT2D eigenvalue weighted by Crippen LogP contribution is 2.37. The van der Waals surface area contributed by atoms with Crippen LogP contribution >= 0.6 is 0 Å². The lowest BCUT2D eigenvalue weighted by atomic mass is 9.95. The molecular weight excluding hydrogens is 403 g/mol. The van der Waals surface area contributed by atoms with Crippen LogP contribution in [0.3, 0.4) is 0 Å². The van der Waals surface area contributed by atoms with Crippen LogP contribution in [0.1, 0.15) is 38.7 Å². The maximum atomic E-state index is 13.6. The van der Waals surface area contributed by atoms with Crippen LogP contribution in [0.2, 0.25) is 0 Å². The number of benzene rings is 3. The molecule has 0 fully saturated rings. The molecule has 31 heavy (non-hydrogen) atoms. The van der Waals surface area contributed by atoms with Crippen LogP contribution in [0.5, 0.6) is 0 Å². The Hall–Kier alpha value is -3.87. The third kappa shape index (κ3) is 4.50. The van der Waals surface area contributed by atoms with Gasteiger partial charge in [0.15, 0.2) is 5.78 Å². The zero-order chi connectivity index (χ0) is 21.8. The van der Waals surface area contributed by atoms with Crippen molar-refractivity contribution in [1.82, 2.24) is 10.2 Å². The number of hydrogen-bond acceptors (Lipinski definition) is 3. The molecule has 0 aliphatic rings. The lowest BCUT2D eigenvalue weighted by Crippen LogP contribution is -2.18. The Kier molecular flexibility index (Phi) is 5.58. The van der Waals surface area contributed by atoms with Crippen molar-refractivity contribution < 1.29 is 18.0 Å². The molecule has 0 amide bonds. The van der Waals surface area contributed by atoms with Crippen molar-refractivity contribution in [2.45, 2.75) is 12.2 Å². The molecule has 1 aromatic heterocycles. The first-order valence-electron chi connectivity index (χ1n) is 9.54. The quantitative estimate of drug-likeness (QED) is 0.383. The largest absolute Gasteiger partial charge is 0.416 e. The zero-order valence-corrected chi connectivity index (χ0v) is 16.2. The molecule has 4 nitrogen and oxygen atoms in total. The third-order valence-corrected chi connectivity index (χ3v) is 4.92. The van der Waals surface area contributed by atoms with Crippen LogP contribution in [0.4, 0.5) is 18.9 Å². The molecule has 7 heteroatoms. The van der Waals surface area contributed by atoms with Gasteiger partial charge in [-0.3, -0.25) is 9.89 Å². The lowest BCUT2D eigenvalue weighted by Gasteiger charge is -2.23. The van der Waals surface area contributed by atoms with E-state index >= 15 is 0 Å². The minimum Gasteiger partial charge on any atom is -0.374 e. The zero-order valence-electron chi connectivity index (χ0n) is 16.2. The molecule has 2 N–H and O–H groups in total. The van der Waals surface area contributed by atoms with E-state index < -0.39 is 17.8 Å². The highest BCUT2D eigenvalue weighted by molar-refractivity contribution is 6.09. The molecule has 4 rings (SSSR count). The average Bonchev–Trinajstić information content (AvgIpc) is 3.32. The van der Waals surface area contributed by atoms with Gasteiger partial charge in [0.2, 0.25) is 0 Å². The first-order chi connectivity index (χ1) is 14.9. The Labute approximate surface area is 176 Å². The van der Waals surface area contributed by atoms with Gasteiger partial charge in [-0.25, -0.2) is 0 Å². The first kappa shape index (κ1) is 20.4. The number of nitrogens with one attached hydrogen (secondary N) is 2. The van der Waals surface area contributed by atoms with Crippen molar-refractivity contribution in [2.24, 2.45) is 0 Å². The summed E-state index contributed by atoms with van der Waals surface area (Å²) in [5, 5.41) is 9.68. The summed E-state index contributed by atoms with van der Waals surface area (Å²) < 4.78 is 40.8. The summed E-state index contributed by atoms with van der Waals surface area (Å²) in [7, 11) is 0. The number of ketones is 1. The Bertz CT molecular complexity index is 1150. The summed E-state index contributed by atoms with van der Waals surface area (Å²) in [5.74, 6) is -0.124. The van der Waals surface area contributed by atoms with Crippen molar-refractivity contribution in [3.05, 3.63) is 119 Å². The molecule has 0 saturated heterocycles. The molecule has 156 valence electrons. The van der Waals surface area contributed by atoms with Crippen LogP contribution in [0, 0.1) is 0 Å². The summed E-state index contributed by atoms with van der Waals surface area (Å²) in [6, 6.07) is 20.2. The van der Waals surface area contributed by atoms with Crippen molar-refractivity contribution >= 4 is 11.5 Å². The van der Waals surface area contributed by atoms with Crippen LogP contribution in [-0.2, 0) is 6.18 Å². The summed E-state index contributed by atoms with van der Waals surface area (Å²) in [4.78, 5) is 12.6. The van der Waals surface area contributed by atoms with Crippen molar-refractivity contribution in [3.8, 4) is 0 Å². The molecule has 0 saturated carbocycles. The number of anilines is 1. The van der Waals surface area contributed by atoms with Crippen LogP contribution in [-0.4, -0.2) is 16.0 Å². The molecule has 0 spiro atoms. The Morgan fingerprint density at radius 1 is 0.871 bits per heavy atom. The molecular formula is C24H18F3N3O. The fourth-order valence-electron chi connectivity index (χ4n) is 3.41. The van der Waals surface area contributed by atoms with E-state index in [4.69, 9.17) is 0 Å². The van der Waals surface area contributed by atoms with E-state index in [2.05, 4.69) is 15.5 Å². The van der Waals surface area contributed by atoms with Gasteiger partial charge in [-0.1, -0.05) is 48.5 Å². The highest BCUT2D eigenvalue weighted by atomic mass is 19.4. The van der Waals surface area contributed by atoms with Crippen LogP contribution < -0.4 is 5.32 Å². The predicted molar refractivity (Wildman–Crippen MR) is 112 cm³/mol. The normalized spacial score (nSPS) is 12.4. The Balaban J connectivity index is 1.65. The summed E-state index contributed by atoms with van der Waals surface area (Å²) in [6.45, 7) is 0. The van der Waals surface area contributed by atoms with Gasteiger partial charge in [0, 0.05) is 28.6 Å². The molecule has 0 aliphatic heterocycles. The molecule has 0 radical (unpaired) electrons. The first-order valence-corrected chi connectivity index (χ1v) is 9.54. The molecule has 1 heterocycles. The van der Waals surface area contributed by atoms with Gasteiger partial charge in [-0.2, -0.15) is 18.3 Å². The molecule has 4 aromatic rings.